The molecule has 3 heterocycles. The van der Waals surface area contributed by atoms with Gasteiger partial charge in [-0.3, -0.25) is 9.36 Å². The summed E-state index contributed by atoms with van der Waals surface area (Å²) in [5.74, 6) is -1.63. The molecule has 0 saturated carbocycles. The van der Waals surface area contributed by atoms with Crippen molar-refractivity contribution < 1.29 is 34.4 Å². The Labute approximate surface area is 202 Å². The van der Waals surface area contributed by atoms with Gasteiger partial charge in [0, 0.05) is 5.56 Å². The van der Waals surface area contributed by atoms with E-state index in [4.69, 9.17) is 9.15 Å². The number of thiazole rings is 1. The first kappa shape index (κ1) is 22.4. The predicted molar refractivity (Wildman–Crippen MR) is 129 cm³/mol. The second kappa shape index (κ2) is 8.41. The Kier molecular flexibility index (Phi) is 5.37. The van der Waals surface area contributed by atoms with E-state index in [0.717, 1.165) is 4.70 Å². The smallest absolute Gasteiger partial charge is 0.242 e. The number of furan rings is 1. The number of fused-ring (bicyclic) bond motifs is 1. The van der Waals surface area contributed by atoms with Crippen molar-refractivity contribution in [3.63, 3.8) is 0 Å². The number of benzene rings is 2. The molecule has 0 aliphatic heterocycles. The highest BCUT2D eigenvalue weighted by atomic mass is 32.1. The molecule has 0 unspecified atom stereocenters. The molecule has 5 rings (SSSR count). The van der Waals surface area contributed by atoms with Gasteiger partial charge in [0.2, 0.25) is 11.7 Å². The summed E-state index contributed by atoms with van der Waals surface area (Å²) in [6.07, 6.45) is 0. The van der Waals surface area contributed by atoms with Gasteiger partial charge in [-0.25, -0.2) is 4.98 Å². The van der Waals surface area contributed by atoms with Crippen molar-refractivity contribution in [2.75, 3.05) is 6.61 Å². The van der Waals surface area contributed by atoms with Crippen LogP contribution in [0.15, 0.2) is 52.9 Å². The van der Waals surface area contributed by atoms with Gasteiger partial charge in [0.25, 0.3) is 0 Å². The molecule has 0 spiro atoms. The molecule has 0 amide bonds. The number of rotatable bonds is 6. The number of nitrogens with zero attached hydrogens (tertiary/aromatic N) is 2. The monoisotopic (exact) mass is 492 g/mol. The fourth-order valence-electron chi connectivity index (χ4n) is 3.82. The van der Waals surface area contributed by atoms with E-state index in [1.807, 2.05) is 13.0 Å². The number of aryl methyl sites for hydroxylation is 1. The molecule has 10 heteroatoms. The summed E-state index contributed by atoms with van der Waals surface area (Å²) in [4.78, 5) is 18.0. The average Bonchev–Trinajstić information content (AvgIpc) is 3.51. The molecule has 0 fully saturated rings. The van der Waals surface area contributed by atoms with E-state index in [1.165, 1.54) is 40.2 Å². The van der Waals surface area contributed by atoms with Gasteiger partial charge in [-0.2, -0.15) is 0 Å². The fourth-order valence-corrected chi connectivity index (χ4v) is 4.82. The van der Waals surface area contributed by atoms with Crippen molar-refractivity contribution in [1.29, 1.82) is 0 Å². The number of ketones is 1. The van der Waals surface area contributed by atoms with E-state index in [1.54, 1.807) is 25.1 Å². The number of carbonyl (C=O) groups excluding carboxylic acids is 1. The van der Waals surface area contributed by atoms with Crippen LogP contribution in [0, 0.1) is 6.92 Å². The maximum Gasteiger partial charge on any atom is 0.242 e. The highest BCUT2D eigenvalue weighted by Crippen LogP contribution is 2.46. The Hall–Kier alpha value is -4.44. The van der Waals surface area contributed by atoms with Crippen LogP contribution >= 0.6 is 11.3 Å². The molecular weight excluding hydrogens is 472 g/mol. The number of aromatic hydroxyl groups is 4. The molecule has 178 valence electrons. The lowest BCUT2D eigenvalue weighted by molar-refractivity contribution is 0.101. The first-order valence-corrected chi connectivity index (χ1v) is 11.4. The standard InChI is InChI=1S/C25H20N2O7S/c1-3-33-14-6-7-15-19(11-14)35-25(26-15)27-21(13-5-8-16(28)17(29)10-13)20(23(31)24(27)32)22(30)18-9-4-12(2)34-18/h4-11,28-29,31-32H,3H2,1-2H3. The lowest BCUT2D eigenvalue weighted by Crippen LogP contribution is -2.04. The molecule has 0 radical (unpaired) electrons. The largest absolute Gasteiger partial charge is 0.504 e. The number of hydrogen-bond acceptors (Lipinski definition) is 9. The third-order valence-corrected chi connectivity index (χ3v) is 6.42. The quantitative estimate of drug-likeness (QED) is 0.190. The van der Waals surface area contributed by atoms with Crippen LogP contribution in [-0.4, -0.2) is 42.4 Å². The summed E-state index contributed by atoms with van der Waals surface area (Å²) in [6, 6.07) is 12.3. The zero-order chi connectivity index (χ0) is 24.9. The van der Waals surface area contributed by atoms with Gasteiger partial charge in [0.05, 0.1) is 28.1 Å². The SMILES string of the molecule is CCOc1ccc2nc(-n3c(O)c(O)c(C(=O)c4ccc(C)o4)c3-c3ccc(O)c(O)c3)sc2c1. The second-order valence-corrected chi connectivity index (χ2v) is 8.74. The second-order valence-electron chi connectivity index (χ2n) is 7.73. The predicted octanol–water partition coefficient (Wildman–Crippen LogP) is 5.11. The minimum Gasteiger partial charge on any atom is -0.504 e. The van der Waals surface area contributed by atoms with E-state index in [-0.39, 0.29) is 33.5 Å². The van der Waals surface area contributed by atoms with Crippen LogP contribution in [0.4, 0.5) is 0 Å². The van der Waals surface area contributed by atoms with Crippen LogP contribution in [0.2, 0.25) is 0 Å². The number of ether oxygens (including phenoxy) is 1. The lowest BCUT2D eigenvalue weighted by Gasteiger charge is -2.10. The minimum absolute atomic E-state index is 0.0372. The highest BCUT2D eigenvalue weighted by Gasteiger charge is 2.32. The van der Waals surface area contributed by atoms with Crippen LogP contribution in [-0.2, 0) is 0 Å². The van der Waals surface area contributed by atoms with E-state index in [0.29, 0.717) is 23.6 Å². The first-order chi connectivity index (χ1) is 16.8. The maximum atomic E-state index is 13.4. The Morgan fingerprint density at radius 1 is 1.06 bits per heavy atom. The third kappa shape index (κ3) is 3.73. The Morgan fingerprint density at radius 2 is 1.86 bits per heavy atom. The zero-order valence-corrected chi connectivity index (χ0v) is 19.5. The molecule has 35 heavy (non-hydrogen) atoms. The Bertz CT molecular complexity index is 1600. The molecule has 0 bridgehead atoms. The summed E-state index contributed by atoms with van der Waals surface area (Å²) < 4.78 is 13.0. The molecule has 2 aromatic carbocycles. The number of carbonyl (C=O) groups is 1. The summed E-state index contributed by atoms with van der Waals surface area (Å²) >= 11 is 1.21. The minimum atomic E-state index is -0.674. The third-order valence-electron chi connectivity index (χ3n) is 5.41. The van der Waals surface area contributed by atoms with Gasteiger partial charge < -0.3 is 29.6 Å². The maximum absolute atomic E-state index is 13.4. The summed E-state index contributed by atoms with van der Waals surface area (Å²) in [5, 5.41) is 42.0. The van der Waals surface area contributed by atoms with Gasteiger partial charge in [-0.05, 0) is 62.4 Å². The molecule has 9 nitrogen and oxygen atoms in total. The number of phenols is 2. The van der Waals surface area contributed by atoms with Gasteiger partial charge in [-0.15, -0.1) is 0 Å². The van der Waals surface area contributed by atoms with Crippen LogP contribution in [0.1, 0.15) is 28.8 Å². The summed E-state index contributed by atoms with van der Waals surface area (Å²) in [5.41, 5.74) is 0.696. The molecule has 0 saturated heterocycles. The Balaban J connectivity index is 1.78. The normalized spacial score (nSPS) is 11.3. The topological polar surface area (TPSA) is 138 Å². The van der Waals surface area contributed by atoms with Crippen LogP contribution in [0.5, 0.6) is 28.9 Å². The first-order valence-electron chi connectivity index (χ1n) is 10.6. The number of hydrogen-bond donors (Lipinski definition) is 4. The van der Waals surface area contributed by atoms with Crippen molar-refractivity contribution in [3.05, 3.63) is 65.6 Å². The molecule has 0 aliphatic carbocycles. The van der Waals surface area contributed by atoms with E-state index in [9.17, 15) is 25.2 Å². The highest BCUT2D eigenvalue weighted by molar-refractivity contribution is 7.20. The molecule has 3 aromatic heterocycles. The Morgan fingerprint density at radius 3 is 2.54 bits per heavy atom. The molecule has 0 aliphatic rings. The van der Waals surface area contributed by atoms with Crippen molar-refractivity contribution in [2.24, 2.45) is 0 Å². The van der Waals surface area contributed by atoms with E-state index >= 15 is 0 Å². The molecule has 0 atom stereocenters. The summed E-state index contributed by atoms with van der Waals surface area (Å²) in [7, 11) is 0. The van der Waals surface area contributed by atoms with Crippen molar-refractivity contribution >= 4 is 27.3 Å². The van der Waals surface area contributed by atoms with Crippen molar-refractivity contribution in [3.8, 4) is 45.3 Å². The van der Waals surface area contributed by atoms with Crippen LogP contribution < -0.4 is 4.74 Å². The average molecular weight is 493 g/mol. The van der Waals surface area contributed by atoms with Crippen LogP contribution in [0.3, 0.4) is 0 Å². The number of phenolic OH excluding ortho intramolecular Hbond substituents is 2. The summed E-state index contributed by atoms with van der Waals surface area (Å²) in [6.45, 7) is 4.05. The lowest BCUT2D eigenvalue weighted by atomic mass is 10.0. The fraction of sp³-hybridized carbons (Fsp3) is 0.120. The zero-order valence-electron chi connectivity index (χ0n) is 18.6. The van der Waals surface area contributed by atoms with E-state index < -0.39 is 23.2 Å². The number of aromatic nitrogens is 2. The van der Waals surface area contributed by atoms with Gasteiger partial charge in [0.1, 0.15) is 11.5 Å². The van der Waals surface area contributed by atoms with Crippen LogP contribution in [0.25, 0.3) is 26.6 Å². The van der Waals surface area contributed by atoms with Gasteiger partial charge >= 0.3 is 0 Å². The molecular formula is C25H20N2O7S. The van der Waals surface area contributed by atoms with Gasteiger partial charge in [-0.1, -0.05) is 11.3 Å². The molecule has 4 N–H and O–H groups in total. The molecule has 5 aromatic rings. The van der Waals surface area contributed by atoms with Gasteiger partial charge in [0.15, 0.2) is 28.1 Å². The van der Waals surface area contributed by atoms with Crippen molar-refractivity contribution in [2.45, 2.75) is 13.8 Å². The van der Waals surface area contributed by atoms with Crippen molar-refractivity contribution in [1.82, 2.24) is 9.55 Å². The van der Waals surface area contributed by atoms with E-state index in [2.05, 4.69) is 4.98 Å².